The van der Waals surface area contributed by atoms with Crippen molar-refractivity contribution in [2.75, 3.05) is 13.1 Å². The molecule has 0 spiro atoms. The van der Waals surface area contributed by atoms with Crippen LogP contribution in [0.2, 0.25) is 0 Å². The molecule has 14 heteroatoms. The van der Waals surface area contributed by atoms with Crippen LogP contribution < -0.4 is 0 Å². The lowest BCUT2D eigenvalue weighted by atomic mass is 10.0. The van der Waals surface area contributed by atoms with Gasteiger partial charge in [0.25, 0.3) is 10.0 Å². The molecular formula is C24H25ClF3N3O5S2. The van der Waals surface area contributed by atoms with Crippen LogP contribution in [0, 0.1) is 0 Å². The van der Waals surface area contributed by atoms with E-state index in [-0.39, 0.29) is 27.4 Å². The van der Waals surface area contributed by atoms with Crippen molar-refractivity contribution in [3.63, 3.8) is 0 Å². The molecule has 0 aromatic heterocycles. The fraction of sp³-hybridized carbons (Fsp3) is 0.375. The number of hydrogen-bond acceptors (Lipinski definition) is 8. The average molecular weight is 592 g/mol. The van der Waals surface area contributed by atoms with Crippen LogP contribution in [-0.4, -0.2) is 59.0 Å². The SMILES string of the molecule is CC(c1ccccc1)N1CCC(OC2=CS[C@@H](N(OC(=O)C(F)(F)F)S(=O)(=O)c3ccccc3)N2Cl)CC1. The van der Waals surface area contributed by atoms with Gasteiger partial charge in [0.15, 0.2) is 0 Å². The third-order valence-corrected chi connectivity index (χ3v) is 9.35. The molecule has 38 heavy (non-hydrogen) atoms. The zero-order valence-corrected chi connectivity index (χ0v) is 22.5. The third-order valence-electron chi connectivity index (χ3n) is 6.15. The van der Waals surface area contributed by atoms with Crippen LogP contribution in [0.3, 0.4) is 0 Å². The Kier molecular flexibility index (Phi) is 8.82. The predicted octanol–water partition coefficient (Wildman–Crippen LogP) is 5.23. The van der Waals surface area contributed by atoms with Crippen LogP contribution in [0.1, 0.15) is 31.4 Å². The first-order valence-electron chi connectivity index (χ1n) is 11.6. The van der Waals surface area contributed by atoms with Gasteiger partial charge in [-0.1, -0.05) is 60.3 Å². The number of sulfonamides is 1. The van der Waals surface area contributed by atoms with Gasteiger partial charge >= 0.3 is 12.1 Å². The van der Waals surface area contributed by atoms with Crippen molar-refractivity contribution >= 4 is 39.5 Å². The molecule has 1 saturated heterocycles. The van der Waals surface area contributed by atoms with Crippen LogP contribution >= 0.6 is 23.5 Å². The number of alkyl halides is 3. The second kappa shape index (κ2) is 11.7. The van der Waals surface area contributed by atoms with Gasteiger partial charge in [-0.25, -0.2) is 17.6 Å². The first-order valence-corrected chi connectivity index (χ1v) is 14.4. The smallest absolute Gasteiger partial charge is 0.474 e. The lowest BCUT2D eigenvalue weighted by Crippen LogP contribution is -2.47. The monoisotopic (exact) mass is 591 g/mol. The molecule has 2 atom stereocenters. The molecule has 4 rings (SSSR count). The number of hydroxylamine groups is 1. The summed E-state index contributed by atoms with van der Waals surface area (Å²) in [5.41, 5.74) is -0.369. The van der Waals surface area contributed by atoms with E-state index in [1.807, 2.05) is 18.2 Å². The topological polar surface area (TPSA) is 79.4 Å². The van der Waals surface area contributed by atoms with Gasteiger partial charge in [-0.2, -0.15) is 13.2 Å². The van der Waals surface area contributed by atoms with E-state index in [4.69, 9.17) is 16.5 Å². The van der Waals surface area contributed by atoms with Crippen molar-refractivity contribution in [3.05, 3.63) is 77.5 Å². The molecule has 1 unspecified atom stereocenters. The van der Waals surface area contributed by atoms with Gasteiger partial charge in [0, 0.05) is 40.8 Å². The summed E-state index contributed by atoms with van der Waals surface area (Å²) in [6.45, 7) is 3.61. The standard InChI is InChI=1S/C24H25ClF3N3O5S2/c1-17(18-8-4-2-5-9-18)29-14-12-19(13-15-29)35-21-16-37-23(30(21)25)31(36-22(32)24(26,27)28)38(33,34)20-10-6-3-7-11-20/h2-11,16-17,19,23H,12-15H2,1H3/t17?,23-/m1/s1. The zero-order chi connectivity index (χ0) is 27.5. The number of halogens is 4. The number of nitrogens with zero attached hydrogens (tertiary/aromatic N) is 3. The summed E-state index contributed by atoms with van der Waals surface area (Å²) in [4.78, 5) is 17.9. The van der Waals surface area contributed by atoms with E-state index >= 15 is 0 Å². The third kappa shape index (κ3) is 6.40. The molecule has 1 fully saturated rings. The van der Waals surface area contributed by atoms with Crippen molar-refractivity contribution in [2.24, 2.45) is 0 Å². The fourth-order valence-electron chi connectivity index (χ4n) is 4.08. The number of thioether (sulfide) groups is 1. The van der Waals surface area contributed by atoms with E-state index < -0.39 is 27.7 Å². The van der Waals surface area contributed by atoms with E-state index in [0.29, 0.717) is 12.8 Å². The van der Waals surface area contributed by atoms with Crippen molar-refractivity contribution in [1.29, 1.82) is 0 Å². The quantitative estimate of drug-likeness (QED) is 0.305. The molecule has 2 aromatic carbocycles. The first-order chi connectivity index (χ1) is 18.0. The van der Waals surface area contributed by atoms with Gasteiger partial charge in [0.1, 0.15) is 6.10 Å². The minimum Gasteiger partial charge on any atom is -0.474 e. The molecule has 206 valence electrons. The van der Waals surface area contributed by atoms with E-state index in [9.17, 15) is 26.4 Å². The van der Waals surface area contributed by atoms with Crippen molar-refractivity contribution in [2.45, 2.75) is 48.5 Å². The maximum absolute atomic E-state index is 13.2. The maximum Gasteiger partial charge on any atom is 0.492 e. The molecule has 8 nitrogen and oxygen atoms in total. The highest BCUT2D eigenvalue weighted by Crippen LogP contribution is 2.40. The predicted molar refractivity (Wildman–Crippen MR) is 135 cm³/mol. The van der Waals surface area contributed by atoms with E-state index in [1.54, 1.807) is 0 Å². The Morgan fingerprint density at radius 2 is 1.66 bits per heavy atom. The highest BCUT2D eigenvalue weighted by molar-refractivity contribution is 8.03. The number of likely N-dealkylation sites (tertiary alicyclic amines) is 1. The van der Waals surface area contributed by atoms with Gasteiger partial charge in [0.2, 0.25) is 11.4 Å². The number of benzene rings is 2. The first kappa shape index (κ1) is 28.6. The number of piperidine rings is 1. The van der Waals surface area contributed by atoms with Crippen molar-refractivity contribution in [3.8, 4) is 0 Å². The number of ether oxygens (including phenoxy) is 1. The normalized spacial score (nSPS) is 20.3. The van der Waals surface area contributed by atoms with E-state index in [2.05, 4.69) is 28.8 Å². The Morgan fingerprint density at radius 1 is 1.08 bits per heavy atom. The van der Waals surface area contributed by atoms with E-state index in [1.165, 1.54) is 29.2 Å². The number of hydrogen-bond donors (Lipinski definition) is 0. The van der Waals surface area contributed by atoms with Crippen LogP contribution in [0.25, 0.3) is 0 Å². The summed E-state index contributed by atoms with van der Waals surface area (Å²) >= 11 is 7.07. The molecule has 2 aromatic rings. The second-order valence-corrected chi connectivity index (χ2v) is 11.7. The summed E-state index contributed by atoms with van der Waals surface area (Å²) in [7, 11) is -4.72. The van der Waals surface area contributed by atoms with Gasteiger partial charge < -0.3 is 9.57 Å². The molecular weight excluding hydrogens is 567 g/mol. The fourth-order valence-corrected chi connectivity index (χ4v) is 6.95. The van der Waals surface area contributed by atoms with Crippen LogP contribution in [0.4, 0.5) is 13.2 Å². The Hall–Kier alpha value is -2.45. The lowest BCUT2D eigenvalue weighted by Gasteiger charge is -2.37. The highest BCUT2D eigenvalue weighted by atomic mass is 35.5. The molecule has 0 aliphatic carbocycles. The number of carbonyl (C=O) groups excluding carboxylic acids is 1. The van der Waals surface area contributed by atoms with Gasteiger partial charge in [0.05, 0.1) is 4.90 Å². The maximum atomic E-state index is 13.2. The van der Waals surface area contributed by atoms with Crippen molar-refractivity contribution in [1.82, 2.24) is 13.8 Å². The summed E-state index contributed by atoms with van der Waals surface area (Å²) in [5, 5.41) is 1.38. The second-order valence-electron chi connectivity index (χ2n) is 8.62. The Morgan fingerprint density at radius 3 is 2.24 bits per heavy atom. The Bertz CT molecular complexity index is 1240. The molecule has 2 aliphatic heterocycles. The molecule has 0 bridgehead atoms. The summed E-state index contributed by atoms with van der Waals surface area (Å²) < 4.78 is 72.0. The Labute approximate surface area is 228 Å². The molecule has 2 aliphatic rings. The van der Waals surface area contributed by atoms with Crippen LogP contribution in [0.5, 0.6) is 0 Å². The van der Waals surface area contributed by atoms with Gasteiger partial charge in [-0.3, -0.25) is 4.90 Å². The van der Waals surface area contributed by atoms with Crippen LogP contribution in [-0.2, 0) is 24.4 Å². The van der Waals surface area contributed by atoms with E-state index in [0.717, 1.165) is 41.4 Å². The molecule has 0 radical (unpaired) electrons. The molecule has 0 amide bonds. The lowest BCUT2D eigenvalue weighted by molar-refractivity contribution is -0.226. The minimum atomic E-state index is -5.43. The number of rotatable bonds is 8. The summed E-state index contributed by atoms with van der Waals surface area (Å²) in [5.74, 6) is -2.65. The summed E-state index contributed by atoms with van der Waals surface area (Å²) in [6, 6.07) is 16.9. The summed E-state index contributed by atoms with van der Waals surface area (Å²) in [6.07, 6.45) is -4.37. The average Bonchev–Trinajstić information content (AvgIpc) is 3.26. The molecule has 0 saturated carbocycles. The largest absolute Gasteiger partial charge is 0.492 e. The highest BCUT2D eigenvalue weighted by Gasteiger charge is 2.49. The zero-order valence-electron chi connectivity index (χ0n) is 20.1. The van der Waals surface area contributed by atoms with Gasteiger partial charge in [-0.15, -0.1) is 0 Å². The molecule has 2 heterocycles. The van der Waals surface area contributed by atoms with Crippen molar-refractivity contribution < 1.29 is 36.0 Å². The minimum absolute atomic E-state index is 0.0487. The van der Waals surface area contributed by atoms with Crippen LogP contribution in [0.15, 0.2) is 76.9 Å². The number of carbonyl (C=O) groups is 1. The van der Waals surface area contributed by atoms with Gasteiger partial charge in [-0.05, 0) is 37.5 Å². The Balaban J connectivity index is 1.43. The molecule has 0 N–H and O–H groups in total.